The lowest BCUT2D eigenvalue weighted by Crippen LogP contribution is -2.53. The van der Waals surface area contributed by atoms with Crippen LogP contribution in [-0.2, 0) is 9.59 Å². The summed E-state index contributed by atoms with van der Waals surface area (Å²) in [5, 5.41) is 14.2. The van der Waals surface area contributed by atoms with Gasteiger partial charge in [0.05, 0.1) is 29.2 Å². The standard InChI is InChI=1S/C19H25N3O4/c1-4-5-10-15(17(23)21-16(12(2)3)19(25)26)22-11-20-14-9-7-6-8-13(14)18(22)24/h6-9,11-12,15-16H,4-5,10H2,1-3H3,(H,21,23)(H,25,26)/p-1/t15-,16+/m1/s1. The molecule has 2 aromatic rings. The minimum Gasteiger partial charge on any atom is -0.548 e. The number of aromatic nitrogens is 2. The minimum absolute atomic E-state index is 0.318. The van der Waals surface area contributed by atoms with Crippen LogP contribution in [0.4, 0.5) is 0 Å². The fourth-order valence-electron chi connectivity index (χ4n) is 2.85. The molecular weight excluding hydrogens is 334 g/mol. The highest BCUT2D eigenvalue weighted by Crippen LogP contribution is 2.16. The van der Waals surface area contributed by atoms with E-state index in [1.807, 2.05) is 6.92 Å². The van der Waals surface area contributed by atoms with Crippen LogP contribution >= 0.6 is 0 Å². The lowest BCUT2D eigenvalue weighted by Gasteiger charge is -2.27. The molecule has 7 heteroatoms. The zero-order valence-electron chi connectivity index (χ0n) is 15.3. The second-order valence-electron chi connectivity index (χ2n) is 6.68. The molecule has 0 spiro atoms. The van der Waals surface area contributed by atoms with Gasteiger partial charge in [-0.25, -0.2) is 4.98 Å². The molecule has 1 aromatic carbocycles. The van der Waals surface area contributed by atoms with E-state index in [-0.39, 0.29) is 11.5 Å². The molecule has 0 saturated heterocycles. The molecule has 0 aliphatic rings. The van der Waals surface area contributed by atoms with E-state index in [1.54, 1.807) is 38.1 Å². The first kappa shape index (κ1) is 19.6. The SMILES string of the molecule is CCCC[C@H](C(=O)N[C@H](C(=O)[O-])C(C)C)n1cnc2ccccc2c1=O. The Morgan fingerprint density at radius 1 is 1.27 bits per heavy atom. The molecule has 1 aromatic heterocycles. The molecule has 2 rings (SSSR count). The van der Waals surface area contributed by atoms with Gasteiger partial charge in [0.1, 0.15) is 6.04 Å². The molecule has 140 valence electrons. The maximum Gasteiger partial charge on any atom is 0.261 e. The Morgan fingerprint density at radius 3 is 2.58 bits per heavy atom. The summed E-state index contributed by atoms with van der Waals surface area (Å²) in [6.07, 6.45) is 3.33. The number of hydrogen-bond acceptors (Lipinski definition) is 5. The molecular formula is C19H24N3O4-. The van der Waals surface area contributed by atoms with Crippen molar-refractivity contribution in [3.05, 3.63) is 40.9 Å². The van der Waals surface area contributed by atoms with Crippen molar-refractivity contribution in [1.29, 1.82) is 0 Å². The van der Waals surface area contributed by atoms with Crippen LogP contribution in [-0.4, -0.2) is 27.5 Å². The van der Waals surface area contributed by atoms with Crippen LogP contribution in [0.15, 0.2) is 35.4 Å². The Bertz CT molecular complexity index is 844. The lowest BCUT2D eigenvalue weighted by molar-refractivity contribution is -0.309. The first-order valence-corrected chi connectivity index (χ1v) is 8.84. The maximum atomic E-state index is 12.8. The van der Waals surface area contributed by atoms with Crippen molar-refractivity contribution in [2.45, 2.75) is 52.1 Å². The highest BCUT2D eigenvalue weighted by molar-refractivity contribution is 5.86. The Balaban J connectivity index is 2.41. The van der Waals surface area contributed by atoms with Gasteiger partial charge in [-0.05, 0) is 24.5 Å². The van der Waals surface area contributed by atoms with Gasteiger partial charge in [-0.15, -0.1) is 0 Å². The number of para-hydroxylation sites is 1. The first-order valence-electron chi connectivity index (χ1n) is 8.84. The van der Waals surface area contributed by atoms with Gasteiger partial charge in [0, 0.05) is 0 Å². The van der Waals surface area contributed by atoms with E-state index < -0.39 is 24.0 Å². The van der Waals surface area contributed by atoms with Crippen LogP contribution in [0.25, 0.3) is 10.9 Å². The summed E-state index contributed by atoms with van der Waals surface area (Å²) < 4.78 is 1.29. The van der Waals surface area contributed by atoms with Gasteiger partial charge in [-0.3, -0.25) is 14.2 Å². The summed E-state index contributed by atoms with van der Waals surface area (Å²) >= 11 is 0. The quantitative estimate of drug-likeness (QED) is 0.759. The molecule has 26 heavy (non-hydrogen) atoms. The molecule has 2 atom stereocenters. The van der Waals surface area contributed by atoms with Crippen molar-refractivity contribution in [3.63, 3.8) is 0 Å². The largest absolute Gasteiger partial charge is 0.548 e. The predicted octanol–water partition coefficient (Wildman–Crippen LogP) is 1.02. The van der Waals surface area contributed by atoms with E-state index in [1.165, 1.54) is 10.9 Å². The number of carbonyl (C=O) groups excluding carboxylic acids is 2. The summed E-state index contributed by atoms with van der Waals surface area (Å²) in [6, 6.07) is 4.98. The summed E-state index contributed by atoms with van der Waals surface area (Å²) in [5.41, 5.74) is 0.236. The molecule has 0 aliphatic heterocycles. The summed E-state index contributed by atoms with van der Waals surface area (Å²) in [5.74, 6) is -2.19. The summed E-state index contributed by atoms with van der Waals surface area (Å²) in [7, 11) is 0. The van der Waals surface area contributed by atoms with E-state index in [4.69, 9.17) is 0 Å². The molecule has 1 N–H and O–H groups in total. The van der Waals surface area contributed by atoms with Crippen molar-refractivity contribution < 1.29 is 14.7 Å². The molecule has 0 unspecified atom stereocenters. The second kappa shape index (κ2) is 8.60. The first-order chi connectivity index (χ1) is 12.4. The lowest BCUT2D eigenvalue weighted by atomic mass is 10.0. The minimum atomic E-state index is -1.34. The number of amides is 1. The van der Waals surface area contributed by atoms with Crippen molar-refractivity contribution >= 4 is 22.8 Å². The fourth-order valence-corrected chi connectivity index (χ4v) is 2.85. The highest BCUT2D eigenvalue weighted by atomic mass is 16.4. The van der Waals surface area contributed by atoms with Gasteiger partial charge in [-0.2, -0.15) is 0 Å². The summed E-state index contributed by atoms with van der Waals surface area (Å²) in [6.45, 7) is 5.35. The number of carbonyl (C=O) groups is 2. The highest BCUT2D eigenvalue weighted by Gasteiger charge is 2.26. The van der Waals surface area contributed by atoms with E-state index >= 15 is 0 Å². The number of benzene rings is 1. The third kappa shape index (κ3) is 4.28. The van der Waals surface area contributed by atoms with Crippen molar-refractivity contribution in [3.8, 4) is 0 Å². The molecule has 0 radical (unpaired) electrons. The van der Waals surface area contributed by atoms with Crippen LogP contribution in [0, 0.1) is 5.92 Å². The average Bonchev–Trinajstić information content (AvgIpc) is 2.61. The van der Waals surface area contributed by atoms with Crippen LogP contribution in [0.2, 0.25) is 0 Å². The number of nitrogens with one attached hydrogen (secondary N) is 1. The number of carboxylic acid groups (broad SMARTS) is 1. The number of carboxylic acids is 1. The van der Waals surface area contributed by atoms with Gasteiger partial charge in [0.25, 0.3) is 5.56 Å². The summed E-state index contributed by atoms with van der Waals surface area (Å²) in [4.78, 5) is 41.1. The van der Waals surface area contributed by atoms with Crippen molar-refractivity contribution in [1.82, 2.24) is 14.9 Å². The van der Waals surface area contributed by atoms with Gasteiger partial charge in [0.15, 0.2) is 0 Å². The third-order valence-corrected chi connectivity index (χ3v) is 4.38. The Labute approximate surface area is 152 Å². The Hall–Kier alpha value is -2.70. The van der Waals surface area contributed by atoms with Crippen molar-refractivity contribution in [2.75, 3.05) is 0 Å². The average molecular weight is 358 g/mol. The topological polar surface area (TPSA) is 104 Å². The van der Waals surface area contributed by atoms with Crippen LogP contribution < -0.4 is 16.0 Å². The molecule has 0 bridgehead atoms. The number of unbranched alkanes of at least 4 members (excludes halogenated alkanes) is 1. The Morgan fingerprint density at radius 2 is 1.96 bits per heavy atom. The van der Waals surface area contributed by atoms with Crippen molar-refractivity contribution in [2.24, 2.45) is 5.92 Å². The van der Waals surface area contributed by atoms with E-state index in [0.29, 0.717) is 17.3 Å². The molecule has 1 heterocycles. The number of hydrogen-bond donors (Lipinski definition) is 1. The number of rotatable bonds is 8. The van der Waals surface area contributed by atoms with Gasteiger partial charge in [0.2, 0.25) is 5.91 Å². The number of aliphatic carboxylic acids is 1. The predicted molar refractivity (Wildman–Crippen MR) is 96.3 cm³/mol. The Kier molecular flexibility index (Phi) is 6.49. The fraction of sp³-hybridized carbons (Fsp3) is 0.474. The second-order valence-corrected chi connectivity index (χ2v) is 6.68. The van der Waals surface area contributed by atoms with Gasteiger partial charge in [-0.1, -0.05) is 45.7 Å². The molecule has 1 amide bonds. The maximum absolute atomic E-state index is 12.8. The van der Waals surface area contributed by atoms with Gasteiger partial charge >= 0.3 is 0 Å². The smallest absolute Gasteiger partial charge is 0.261 e. The number of nitrogens with zero attached hydrogens (tertiary/aromatic N) is 2. The van der Waals surface area contributed by atoms with Crippen LogP contribution in [0.1, 0.15) is 46.1 Å². The molecule has 0 aliphatic carbocycles. The third-order valence-electron chi connectivity index (χ3n) is 4.38. The molecule has 0 saturated carbocycles. The zero-order chi connectivity index (χ0) is 19.3. The van der Waals surface area contributed by atoms with E-state index in [9.17, 15) is 19.5 Å². The van der Waals surface area contributed by atoms with E-state index in [2.05, 4.69) is 10.3 Å². The normalized spacial score (nSPS) is 13.5. The number of fused-ring (bicyclic) bond motifs is 1. The van der Waals surface area contributed by atoms with Crippen LogP contribution in [0.5, 0.6) is 0 Å². The zero-order valence-corrected chi connectivity index (χ0v) is 15.3. The van der Waals surface area contributed by atoms with E-state index in [0.717, 1.165) is 12.8 Å². The molecule has 7 nitrogen and oxygen atoms in total. The van der Waals surface area contributed by atoms with Crippen LogP contribution in [0.3, 0.4) is 0 Å². The monoisotopic (exact) mass is 358 g/mol. The molecule has 0 fully saturated rings. The van der Waals surface area contributed by atoms with Gasteiger partial charge < -0.3 is 15.2 Å².